The molecule has 0 spiro atoms. The van der Waals surface area contributed by atoms with Gasteiger partial charge in [0.05, 0.1) is 4.90 Å². The molecule has 1 atom stereocenters. The van der Waals surface area contributed by atoms with Gasteiger partial charge in [-0.05, 0) is 50.5 Å². The van der Waals surface area contributed by atoms with Crippen molar-refractivity contribution in [2.75, 3.05) is 13.2 Å². The van der Waals surface area contributed by atoms with Gasteiger partial charge in [-0.3, -0.25) is 9.59 Å². The first kappa shape index (κ1) is 20.1. The molecule has 1 rings (SSSR count). The summed E-state index contributed by atoms with van der Waals surface area (Å²) in [5, 5.41) is 2.64. The topological polar surface area (TPSA) is 102 Å². The number of carbonyl (C=O) groups is 2. The van der Waals surface area contributed by atoms with E-state index < -0.39 is 35.1 Å². The standard InChI is InChI=1S/C16H24N2O5S/c1-5-13(4)18-15(19)10-23-16(20)9-17-24(21,22)14-7-6-11(2)12(3)8-14/h6-8,13,17H,5,9-10H2,1-4H3,(H,18,19)/t13-/m1/s1. The fourth-order valence-electron chi connectivity index (χ4n) is 1.73. The van der Waals surface area contributed by atoms with Crippen molar-refractivity contribution in [1.82, 2.24) is 10.0 Å². The highest BCUT2D eigenvalue weighted by Crippen LogP contribution is 2.14. The predicted octanol–water partition coefficient (Wildman–Crippen LogP) is 1.04. The summed E-state index contributed by atoms with van der Waals surface area (Å²) in [6.07, 6.45) is 0.759. The number of ether oxygens (including phenoxy) is 1. The number of amides is 1. The summed E-state index contributed by atoms with van der Waals surface area (Å²) >= 11 is 0. The van der Waals surface area contributed by atoms with Crippen LogP contribution >= 0.6 is 0 Å². The van der Waals surface area contributed by atoms with Crippen molar-refractivity contribution < 1.29 is 22.7 Å². The van der Waals surface area contributed by atoms with Crippen LogP contribution < -0.4 is 10.0 Å². The number of hydrogen-bond donors (Lipinski definition) is 2. The van der Waals surface area contributed by atoms with E-state index >= 15 is 0 Å². The monoisotopic (exact) mass is 356 g/mol. The molecule has 0 aliphatic carbocycles. The van der Waals surface area contributed by atoms with Crippen molar-refractivity contribution in [1.29, 1.82) is 0 Å². The number of benzene rings is 1. The highest BCUT2D eigenvalue weighted by Gasteiger charge is 2.17. The van der Waals surface area contributed by atoms with Gasteiger partial charge in [0.15, 0.2) is 6.61 Å². The van der Waals surface area contributed by atoms with Crippen molar-refractivity contribution >= 4 is 21.9 Å². The molecular weight excluding hydrogens is 332 g/mol. The van der Waals surface area contributed by atoms with Crippen LogP contribution in [0.3, 0.4) is 0 Å². The molecule has 134 valence electrons. The Morgan fingerprint density at radius 3 is 2.46 bits per heavy atom. The van der Waals surface area contributed by atoms with Crippen LogP contribution in [0.2, 0.25) is 0 Å². The second-order valence-corrected chi connectivity index (χ2v) is 7.38. The van der Waals surface area contributed by atoms with Gasteiger partial charge < -0.3 is 10.1 Å². The molecule has 1 aromatic carbocycles. The van der Waals surface area contributed by atoms with Crippen molar-refractivity contribution in [3.8, 4) is 0 Å². The summed E-state index contributed by atoms with van der Waals surface area (Å²) in [6.45, 7) is 6.45. The average molecular weight is 356 g/mol. The number of rotatable bonds is 8. The molecule has 0 aliphatic rings. The van der Waals surface area contributed by atoms with E-state index in [1.54, 1.807) is 13.0 Å². The Bertz CT molecular complexity index is 700. The van der Waals surface area contributed by atoms with Gasteiger partial charge in [-0.25, -0.2) is 8.42 Å². The lowest BCUT2D eigenvalue weighted by Gasteiger charge is -2.12. The third-order valence-electron chi connectivity index (χ3n) is 3.58. The maximum Gasteiger partial charge on any atom is 0.321 e. The molecule has 0 bridgehead atoms. The first-order chi connectivity index (χ1) is 11.2. The lowest BCUT2D eigenvalue weighted by atomic mass is 10.1. The summed E-state index contributed by atoms with van der Waals surface area (Å²) in [7, 11) is -3.81. The molecule has 0 aromatic heterocycles. The lowest BCUT2D eigenvalue weighted by molar-refractivity contribution is -0.147. The molecule has 0 heterocycles. The van der Waals surface area contributed by atoms with Gasteiger partial charge in [-0.1, -0.05) is 13.0 Å². The van der Waals surface area contributed by atoms with Crippen molar-refractivity contribution in [3.63, 3.8) is 0 Å². The van der Waals surface area contributed by atoms with Crippen LogP contribution in [0.1, 0.15) is 31.4 Å². The van der Waals surface area contributed by atoms with E-state index in [0.29, 0.717) is 0 Å². The second-order valence-electron chi connectivity index (χ2n) is 5.61. The van der Waals surface area contributed by atoms with Crippen LogP contribution in [-0.2, 0) is 24.3 Å². The molecule has 0 fully saturated rings. The summed E-state index contributed by atoms with van der Waals surface area (Å²) in [4.78, 5) is 23.1. The van der Waals surface area contributed by atoms with Crippen LogP contribution in [-0.4, -0.2) is 39.5 Å². The van der Waals surface area contributed by atoms with Gasteiger partial charge in [0.25, 0.3) is 5.91 Å². The fourth-order valence-corrected chi connectivity index (χ4v) is 2.79. The Hall–Kier alpha value is -1.93. The smallest absolute Gasteiger partial charge is 0.321 e. The van der Waals surface area contributed by atoms with Gasteiger partial charge in [-0.2, -0.15) is 4.72 Å². The third-order valence-corrected chi connectivity index (χ3v) is 4.98. The summed E-state index contributed by atoms with van der Waals surface area (Å²) in [6, 6.07) is 4.68. The van der Waals surface area contributed by atoms with E-state index in [1.807, 2.05) is 20.8 Å². The van der Waals surface area contributed by atoms with Crippen LogP contribution in [0.25, 0.3) is 0 Å². The van der Waals surface area contributed by atoms with Crippen LogP contribution in [0.5, 0.6) is 0 Å². The minimum Gasteiger partial charge on any atom is -0.455 e. The number of aryl methyl sites for hydroxylation is 2. The quantitative estimate of drug-likeness (QED) is 0.678. The van der Waals surface area contributed by atoms with Crippen molar-refractivity contribution in [2.45, 2.75) is 45.1 Å². The Kier molecular flexibility index (Phi) is 7.37. The zero-order valence-electron chi connectivity index (χ0n) is 14.4. The van der Waals surface area contributed by atoms with Crippen LogP contribution in [0, 0.1) is 13.8 Å². The van der Waals surface area contributed by atoms with Gasteiger partial charge in [-0.15, -0.1) is 0 Å². The van der Waals surface area contributed by atoms with Gasteiger partial charge in [0, 0.05) is 6.04 Å². The second kappa shape index (κ2) is 8.79. The highest BCUT2D eigenvalue weighted by atomic mass is 32.2. The van der Waals surface area contributed by atoms with Crippen LogP contribution in [0.15, 0.2) is 23.1 Å². The number of esters is 1. The predicted molar refractivity (Wildman–Crippen MR) is 90.0 cm³/mol. The molecular formula is C16H24N2O5S. The fraction of sp³-hybridized carbons (Fsp3) is 0.500. The molecule has 0 saturated carbocycles. The Morgan fingerprint density at radius 2 is 1.88 bits per heavy atom. The molecule has 0 unspecified atom stereocenters. The Morgan fingerprint density at radius 1 is 1.21 bits per heavy atom. The first-order valence-electron chi connectivity index (χ1n) is 7.67. The summed E-state index contributed by atoms with van der Waals surface area (Å²) in [5.74, 6) is -1.24. The van der Waals surface area contributed by atoms with E-state index in [-0.39, 0.29) is 10.9 Å². The maximum absolute atomic E-state index is 12.1. The number of carbonyl (C=O) groups excluding carboxylic acids is 2. The van der Waals surface area contributed by atoms with E-state index in [1.165, 1.54) is 12.1 Å². The Labute approximate surface area is 142 Å². The molecule has 24 heavy (non-hydrogen) atoms. The molecule has 8 heteroatoms. The third kappa shape index (κ3) is 6.29. The minimum absolute atomic E-state index is 0.0144. The molecule has 1 aromatic rings. The molecule has 0 saturated heterocycles. The van der Waals surface area contributed by atoms with Gasteiger partial charge >= 0.3 is 5.97 Å². The molecule has 1 amide bonds. The first-order valence-corrected chi connectivity index (χ1v) is 9.16. The Balaban J connectivity index is 2.51. The molecule has 2 N–H and O–H groups in total. The zero-order chi connectivity index (χ0) is 18.3. The normalized spacial score (nSPS) is 12.5. The number of hydrogen-bond acceptors (Lipinski definition) is 5. The van der Waals surface area contributed by atoms with E-state index in [2.05, 4.69) is 10.0 Å². The summed E-state index contributed by atoms with van der Waals surface area (Å²) < 4.78 is 31.2. The number of sulfonamides is 1. The van der Waals surface area contributed by atoms with E-state index in [9.17, 15) is 18.0 Å². The van der Waals surface area contributed by atoms with E-state index in [0.717, 1.165) is 17.5 Å². The average Bonchev–Trinajstić information content (AvgIpc) is 2.53. The largest absolute Gasteiger partial charge is 0.455 e. The van der Waals surface area contributed by atoms with Crippen molar-refractivity contribution in [2.24, 2.45) is 0 Å². The SMILES string of the molecule is CC[C@@H](C)NC(=O)COC(=O)CNS(=O)(=O)c1ccc(C)c(C)c1. The van der Waals surface area contributed by atoms with Gasteiger partial charge in [0.2, 0.25) is 10.0 Å². The van der Waals surface area contributed by atoms with E-state index in [4.69, 9.17) is 4.74 Å². The number of nitrogens with one attached hydrogen (secondary N) is 2. The summed E-state index contributed by atoms with van der Waals surface area (Å²) in [5.41, 5.74) is 1.81. The molecule has 0 radical (unpaired) electrons. The maximum atomic E-state index is 12.1. The highest BCUT2D eigenvalue weighted by molar-refractivity contribution is 7.89. The lowest BCUT2D eigenvalue weighted by Crippen LogP contribution is -2.37. The zero-order valence-corrected chi connectivity index (χ0v) is 15.2. The van der Waals surface area contributed by atoms with Crippen molar-refractivity contribution in [3.05, 3.63) is 29.3 Å². The minimum atomic E-state index is -3.81. The van der Waals surface area contributed by atoms with Crippen LogP contribution in [0.4, 0.5) is 0 Å². The molecule has 7 nitrogen and oxygen atoms in total. The molecule has 0 aliphatic heterocycles. The van der Waals surface area contributed by atoms with Gasteiger partial charge in [0.1, 0.15) is 6.54 Å².